The van der Waals surface area contributed by atoms with E-state index in [-0.39, 0.29) is 23.8 Å². The van der Waals surface area contributed by atoms with Crippen LogP contribution in [0.1, 0.15) is 56.3 Å². The predicted molar refractivity (Wildman–Crippen MR) is 87.5 cm³/mol. The number of amides is 2. The molecule has 4 nitrogen and oxygen atoms in total. The van der Waals surface area contributed by atoms with Crippen molar-refractivity contribution in [2.24, 2.45) is 5.92 Å². The average Bonchev–Trinajstić information content (AvgIpc) is 2.53. The van der Waals surface area contributed by atoms with Gasteiger partial charge in [0.15, 0.2) is 0 Å². The van der Waals surface area contributed by atoms with Crippen LogP contribution in [0, 0.1) is 11.7 Å². The Bertz CT molecular complexity index is 536. The van der Waals surface area contributed by atoms with Gasteiger partial charge >= 0.3 is 0 Å². The second-order valence-corrected chi connectivity index (χ2v) is 6.55. The monoisotopic (exact) mass is 320 g/mol. The summed E-state index contributed by atoms with van der Waals surface area (Å²) in [4.78, 5) is 24.7. The number of carbonyl (C=O) groups excluding carboxylic acids is 2. The first kappa shape index (κ1) is 17.4. The number of hydrogen-bond donors (Lipinski definition) is 2. The van der Waals surface area contributed by atoms with Gasteiger partial charge in [-0.3, -0.25) is 9.59 Å². The number of rotatable bonds is 5. The zero-order chi connectivity index (χ0) is 16.8. The molecule has 0 aliphatic heterocycles. The molecule has 1 unspecified atom stereocenters. The summed E-state index contributed by atoms with van der Waals surface area (Å²) in [7, 11) is 0. The number of benzene rings is 1. The van der Waals surface area contributed by atoms with Crippen molar-refractivity contribution in [2.75, 3.05) is 0 Å². The summed E-state index contributed by atoms with van der Waals surface area (Å²) in [5.41, 5.74) is 0.350. The molecule has 0 saturated heterocycles. The highest BCUT2D eigenvalue weighted by Crippen LogP contribution is 2.18. The fourth-order valence-electron chi connectivity index (χ4n) is 2.90. The summed E-state index contributed by atoms with van der Waals surface area (Å²) in [6.07, 6.45) is 5.50. The lowest BCUT2D eigenvalue weighted by molar-refractivity contribution is -0.124. The maximum atomic E-state index is 12.9. The number of halogens is 1. The van der Waals surface area contributed by atoms with E-state index in [1.165, 1.54) is 30.7 Å². The van der Waals surface area contributed by atoms with Gasteiger partial charge < -0.3 is 10.6 Å². The van der Waals surface area contributed by atoms with Crippen molar-refractivity contribution in [3.05, 3.63) is 35.6 Å². The number of nitrogens with one attached hydrogen (secondary N) is 2. The van der Waals surface area contributed by atoms with Crippen LogP contribution in [-0.2, 0) is 4.79 Å². The molecule has 0 radical (unpaired) electrons. The SMILES string of the molecule is CC(C)C(NC(=O)c1ccc(F)cc1)C(=O)NC1CCCCC1. The molecule has 0 aromatic heterocycles. The van der Waals surface area contributed by atoms with Crippen molar-refractivity contribution in [1.82, 2.24) is 10.6 Å². The Balaban J connectivity index is 1.98. The third-order valence-electron chi connectivity index (χ3n) is 4.29. The second-order valence-electron chi connectivity index (χ2n) is 6.55. The molecule has 1 aliphatic carbocycles. The Kier molecular flexibility index (Phi) is 6.13. The van der Waals surface area contributed by atoms with E-state index in [1.54, 1.807) is 0 Å². The lowest BCUT2D eigenvalue weighted by atomic mass is 9.94. The summed E-state index contributed by atoms with van der Waals surface area (Å²) in [6.45, 7) is 3.80. The summed E-state index contributed by atoms with van der Waals surface area (Å²) < 4.78 is 12.9. The zero-order valence-corrected chi connectivity index (χ0v) is 13.8. The first-order valence-electron chi connectivity index (χ1n) is 8.34. The van der Waals surface area contributed by atoms with Crippen molar-refractivity contribution >= 4 is 11.8 Å². The van der Waals surface area contributed by atoms with Gasteiger partial charge in [0.05, 0.1) is 0 Å². The van der Waals surface area contributed by atoms with Gasteiger partial charge in [-0.1, -0.05) is 33.1 Å². The van der Waals surface area contributed by atoms with Gasteiger partial charge in [-0.2, -0.15) is 0 Å². The van der Waals surface area contributed by atoms with Crippen LogP contribution < -0.4 is 10.6 Å². The minimum absolute atomic E-state index is 0.0250. The second kappa shape index (κ2) is 8.09. The maximum Gasteiger partial charge on any atom is 0.251 e. The number of hydrogen-bond acceptors (Lipinski definition) is 2. The molecule has 126 valence electrons. The summed E-state index contributed by atoms with van der Waals surface area (Å²) in [5, 5.41) is 5.82. The molecular weight excluding hydrogens is 295 g/mol. The van der Waals surface area contributed by atoms with E-state index in [9.17, 15) is 14.0 Å². The first-order chi connectivity index (χ1) is 11.0. The Morgan fingerprint density at radius 3 is 2.26 bits per heavy atom. The van der Waals surface area contributed by atoms with Crippen LogP contribution in [0.4, 0.5) is 4.39 Å². The highest BCUT2D eigenvalue weighted by Gasteiger charge is 2.27. The summed E-state index contributed by atoms with van der Waals surface area (Å²) in [6, 6.07) is 4.93. The molecule has 0 spiro atoms. The van der Waals surface area contributed by atoms with Gasteiger partial charge in [0.25, 0.3) is 5.91 Å². The molecule has 23 heavy (non-hydrogen) atoms. The standard InChI is InChI=1S/C18H25FN2O2/c1-12(2)16(18(23)20-15-6-4-3-5-7-15)21-17(22)13-8-10-14(19)11-9-13/h8-12,15-16H,3-7H2,1-2H3,(H,20,23)(H,21,22). The summed E-state index contributed by atoms with van der Waals surface area (Å²) >= 11 is 0. The maximum absolute atomic E-state index is 12.9. The lowest BCUT2D eigenvalue weighted by Crippen LogP contribution is -2.52. The van der Waals surface area contributed by atoms with E-state index in [2.05, 4.69) is 10.6 Å². The lowest BCUT2D eigenvalue weighted by Gasteiger charge is -2.27. The molecule has 2 amide bonds. The Hall–Kier alpha value is -1.91. The molecule has 5 heteroatoms. The Morgan fingerprint density at radius 2 is 1.70 bits per heavy atom. The molecule has 0 bridgehead atoms. The molecular formula is C18H25FN2O2. The largest absolute Gasteiger partial charge is 0.352 e. The topological polar surface area (TPSA) is 58.2 Å². The van der Waals surface area contributed by atoms with Crippen molar-refractivity contribution < 1.29 is 14.0 Å². The first-order valence-corrected chi connectivity index (χ1v) is 8.34. The van der Waals surface area contributed by atoms with Crippen LogP contribution >= 0.6 is 0 Å². The van der Waals surface area contributed by atoms with Crippen LogP contribution in [0.25, 0.3) is 0 Å². The highest BCUT2D eigenvalue weighted by atomic mass is 19.1. The van der Waals surface area contributed by atoms with Crippen LogP contribution in [0.3, 0.4) is 0 Å². The highest BCUT2D eigenvalue weighted by molar-refractivity contribution is 5.97. The number of carbonyl (C=O) groups is 2. The van der Waals surface area contributed by atoms with E-state index >= 15 is 0 Å². The molecule has 1 atom stereocenters. The Labute approximate surface area is 136 Å². The van der Waals surface area contributed by atoms with Crippen molar-refractivity contribution in [3.63, 3.8) is 0 Å². The van der Waals surface area contributed by atoms with Crippen LogP contribution in [-0.4, -0.2) is 23.9 Å². The van der Waals surface area contributed by atoms with Crippen molar-refractivity contribution in [2.45, 2.75) is 58.0 Å². The van der Waals surface area contributed by atoms with Crippen LogP contribution in [0.15, 0.2) is 24.3 Å². The van der Waals surface area contributed by atoms with Crippen LogP contribution in [0.5, 0.6) is 0 Å². The smallest absolute Gasteiger partial charge is 0.251 e. The molecule has 1 aromatic rings. The van der Waals surface area contributed by atoms with E-state index < -0.39 is 11.9 Å². The molecule has 2 rings (SSSR count). The third-order valence-corrected chi connectivity index (χ3v) is 4.29. The van der Waals surface area contributed by atoms with Crippen LogP contribution in [0.2, 0.25) is 0 Å². The van der Waals surface area contributed by atoms with Gasteiger partial charge in [-0.15, -0.1) is 0 Å². The van der Waals surface area contributed by atoms with E-state index in [1.807, 2.05) is 13.8 Å². The van der Waals surface area contributed by atoms with Gasteiger partial charge in [0, 0.05) is 11.6 Å². The Morgan fingerprint density at radius 1 is 1.09 bits per heavy atom. The van der Waals surface area contributed by atoms with Crippen molar-refractivity contribution in [1.29, 1.82) is 0 Å². The normalized spacial score (nSPS) is 16.9. The molecule has 1 saturated carbocycles. The third kappa shape index (κ3) is 5.05. The minimum Gasteiger partial charge on any atom is -0.352 e. The van der Waals surface area contributed by atoms with E-state index in [4.69, 9.17) is 0 Å². The molecule has 1 fully saturated rings. The van der Waals surface area contributed by atoms with E-state index in [0.29, 0.717) is 5.56 Å². The van der Waals surface area contributed by atoms with Gasteiger partial charge in [-0.25, -0.2) is 4.39 Å². The fourth-order valence-corrected chi connectivity index (χ4v) is 2.90. The quantitative estimate of drug-likeness (QED) is 0.876. The van der Waals surface area contributed by atoms with E-state index in [0.717, 1.165) is 25.7 Å². The predicted octanol–water partition coefficient (Wildman–Crippen LogP) is 3.03. The zero-order valence-electron chi connectivity index (χ0n) is 13.8. The van der Waals surface area contributed by atoms with Gasteiger partial charge in [0.2, 0.25) is 5.91 Å². The molecule has 1 aromatic carbocycles. The summed E-state index contributed by atoms with van der Waals surface area (Å²) in [5.74, 6) is -0.912. The molecule has 2 N–H and O–H groups in total. The van der Waals surface area contributed by atoms with Gasteiger partial charge in [0.1, 0.15) is 11.9 Å². The molecule has 0 heterocycles. The van der Waals surface area contributed by atoms with Gasteiger partial charge in [-0.05, 0) is 43.0 Å². The fraction of sp³-hybridized carbons (Fsp3) is 0.556. The van der Waals surface area contributed by atoms with Crippen molar-refractivity contribution in [3.8, 4) is 0 Å². The average molecular weight is 320 g/mol. The minimum atomic E-state index is -0.588. The molecule has 1 aliphatic rings.